The zero-order valence-electron chi connectivity index (χ0n) is 16.0. The molecule has 0 unspecified atom stereocenters. The van der Waals surface area contributed by atoms with Crippen LogP contribution in [0.4, 0.5) is 26.3 Å². The van der Waals surface area contributed by atoms with Crippen molar-refractivity contribution >= 4 is 27.6 Å². The molecule has 1 aromatic carbocycles. The molecule has 5 nitrogen and oxygen atoms in total. The van der Waals surface area contributed by atoms with Gasteiger partial charge in [-0.15, -0.1) is 0 Å². The molecule has 12 heteroatoms. The number of halogens is 7. The van der Waals surface area contributed by atoms with Crippen LogP contribution in [0, 0.1) is 11.7 Å². The van der Waals surface area contributed by atoms with Gasteiger partial charge in [0.1, 0.15) is 11.5 Å². The second kappa shape index (κ2) is 8.29. The minimum Gasteiger partial charge on any atom is -0.352 e. The van der Waals surface area contributed by atoms with E-state index in [1.165, 1.54) is 12.1 Å². The minimum atomic E-state index is -5.89. The molecule has 0 saturated heterocycles. The summed E-state index contributed by atoms with van der Waals surface area (Å²) < 4.78 is 79.3. The first-order valence-electron chi connectivity index (χ1n) is 9.08. The van der Waals surface area contributed by atoms with E-state index in [4.69, 9.17) is 0 Å². The maximum absolute atomic E-state index is 14.0. The smallest absolute Gasteiger partial charge is 0.352 e. The predicted molar refractivity (Wildman–Crippen MR) is 99.9 cm³/mol. The average Bonchev–Trinajstić information content (AvgIpc) is 3.46. The van der Waals surface area contributed by atoms with Crippen molar-refractivity contribution in [2.45, 2.75) is 37.9 Å². The van der Waals surface area contributed by atoms with Gasteiger partial charge >= 0.3 is 12.1 Å². The number of amides is 1. The Morgan fingerprint density at radius 2 is 1.87 bits per heavy atom. The van der Waals surface area contributed by atoms with E-state index < -0.39 is 46.0 Å². The van der Waals surface area contributed by atoms with E-state index in [0.717, 1.165) is 26.0 Å². The molecular formula is C19H16BrF6N3O2. The fourth-order valence-corrected chi connectivity index (χ4v) is 3.76. The summed E-state index contributed by atoms with van der Waals surface area (Å²) in [6, 6.07) is 3.70. The predicted octanol–water partition coefficient (Wildman–Crippen LogP) is 4.43. The van der Waals surface area contributed by atoms with Crippen LogP contribution in [0.3, 0.4) is 0 Å². The van der Waals surface area contributed by atoms with Crippen molar-refractivity contribution in [2.75, 3.05) is 0 Å². The van der Waals surface area contributed by atoms with Crippen LogP contribution in [0.15, 0.2) is 22.7 Å². The molecule has 1 aliphatic rings. The number of rotatable bonds is 7. The van der Waals surface area contributed by atoms with Crippen LogP contribution in [-0.4, -0.2) is 27.6 Å². The molecule has 1 aliphatic carbocycles. The van der Waals surface area contributed by atoms with E-state index in [-0.39, 0.29) is 23.9 Å². The van der Waals surface area contributed by atoms with Gasteiger partial charge in [0.25, 0.3) is 0 Å². The summed E-state index contributed by atoms with van der Waals surface area (Å²) in [7, 11) is 1.07. The molecule has 1 N–H and O–H groups in total. The maximum atomic E-state index is 14.0. The third-order valence-corrected chi connectivity index (χ3v) is 5.53. The Bertz CT molecular complexity index is 1030. The van der Waals surface area contributed by atoms with Gasteiger partial charge in [-0.25, -0.2) is 4.39 Å². The lowest BCUT2D eigenvalue weighted by molar-refractivity contribution is -0.291. The van der Waals surface area contributed by atoms with Gasteiger partial charge < -0.3 is 5.32 Å². The van der Waals surface area contributed by atoms with Crippen molar-refractivity contribution in [1.29, 1.82) is 0 Å². The van der Waals surface area contributed by atoms with Crippen LogP contribution in [-0.2, 0) is 30.7 Å². The van der Waals surface area contributed by atoms with Gasteiger partial charge in [-0.2, -0.15) is 27.1 Å². The van der Waals surface area contributed by atoms with Crippen LogP contribution < -0.4 is 5.32 Å². The second-order valence-electron chi connectivity index (χ2n) is 7.22. The third kappa shape index (κ3) is 4.78. The number of nitrogens with zero attached hydrogens (tertiary/aromatic N) is 2. The van der Waals surface area contributed by atoms with Gasteiger partial charge in [-0.05, 0) is 40.4 Å². The molecule has 0 spiro atoms. The third-order valence-electron chi connectivity index (χ3n) is 4.78. The first kappa shape index (κ1) is 23.3. The Balaban J connectivity index is 1.80. The van der Waals surface area contributed by atoms with Crippen molar-refractivity contribution in [3.8, 4) is 0 Å². The average molecular weight is 512 g/mol. The highest BCUT2D eigenvalue weighted by molar-refractivity contribution is 9.10. The molecule has 2 aromatic rings. The molecule has 1 aromatic heterocycles. The first-order chi connectivity index (χ1) is 14.3. The first-order valence-corrected chi connectivity index (χ1v) is 9.88. The van der Waals surface area contributed by atoms with Crippen LogP contribution >= 0.6 is 15.9 Å². The molecule has 1 fully saturated rings. The van der Waals surface area contributed by atoms with E-state index in [0.29, 0.717) is 10.2 Å². The number of nitrogens with one attached hydrogen (secondary N) is 1. The number of benzene rings is 1. The number of hydrogen-bond acceptors (Lipinski definition) is 3. The zero-order valence-corrected chi connectivity index (χ0v) is 17.6. The SMILES string of the molecule is Cn1nc(C(F)(F)C(F)(F)F)c(Br)c1C(=O)Cc1ccc(F)c(CNC(=O)C2CC2)c1. The topological polar surface area (TPSA) is 64.0 Å². The Labute approximate surface area is 180 Å². The molecular weight excluding hydrogens is 496 g/mol. The number of carbonyl (C=O) groups is 2. The lowest BCUT2D eigenvalue weighted by atomic mass is 10.0. The van der Waals surface area contributed by atoms with Crippen LogP contribution in [0.25, 0.3) is 0 Å². The van der Waals surface area contributed by atoms with Crippen molar-refractivity contribution in [1.82, 2.24) is 15.1 Å². The Kier molecular flexibility index (Phi) is 6.23. The summed E-state index contributed by atoms with van der Waals surface area (Å²) in [5.41, 5.74) is -1.69. The number of ketones is 1. The fourth-order valence-electron chi connectivity index (χ4n) is 2.95. The lowest BCUT2D eigenvalue weighted by Gasteiger charge is -2.17. The summed E-state index contributed by atoms with van der Waals surface area (Å²) >= 11 is 2.64. The van der Waals surface area contributed by atoms with Crippen molar-refractivity contribution < 1.29 is 35.9 Å². The largest absolute Gasteiger partial charge is 0.459 e. The molecule has 1 saturated carbocycles. The summed E-state index contributed by atoms with van der Waals surface area (Å²) in [5.74, 6) is -6.94. The summed E-state index contributed by atoms with van der Waals surface area (Å²) in [6.07, 6.45) is -4.74. The number of aryl methyl sites for hydroxylation is 1. The fraction of sp³-hybridized carbons (Fsp3) is 0.421. The molecule has 0 bridgehead atoms. The molecule has 1 heterocycles. The van der Waals surface area contributed by atoms with Gasteiger partial charge in [0.15, 0.2) is 11.5 Å². The minimum absolute atomic E-state index is 0.0703. The van der Waals surface area contributed by atoms with Crippen molar-refractivity contribution in [3.05, 3.63) is 51.0 Å². The van der Waals surface area contributed by atoms with E-state index in [1.807, 2.05) is 0 Å². The molecule has 0 atom stereocenters. The molecule has 3 rings (SSSR count). The summed E-state index contributed by atoms with van der Waals surface area (Å²) in [6.45, 7) is -0.0967. The Hall–Kier alpha value is -2.37. The standard InChI is InChI=1S/C19H16BrF6N3O2/c1-29-15(14(20)16(28-29)18(22,23)19(24,25)26)13(30)7-9-2-5-12(21)11(6-9)8-27-17(31)10-3-4-10/h2,5-6,10H,3-4,7-8H2,1H3,(H,27,31). The highest BCUT2D eigenvalue weighted by atomic mass is 79.9. The van der Waals surface area contributed by atoms with Gasteiger partial charge in [0.2, 0.25) is 5.91 Å². The summed E-state index contributed by atoms with van der Waals surface area (Å²) in [5, 5.41) is 5.78. The normalized spacial score (nSPS) is 14.6. The number of carbonyl (C=O) groups excluding carboxylic acids is 2. The molecule has 0 radical (unpaired) electrons. The number of hydrogen-bond donors (Lipinski definition) is 1. The van der Waals surface area contributed by atoms with E-state index in [2.05, 4.69) is 26.3 Å². The maximum Gasteiger partial charge on any atom is 0.459 e. The number of aromatic nitrogens is 2. The van der Waals surface area contributed by atoms with E-state index in [1.54, 1.807) is 0 Å². The highest BCUT2D eigenvalue weighted by Crippen LogP contribution is 2.46. The van der Waals surface area contributed by atoms with Gasteiger partial charge in [-0.1, -0.05) is 12.1 Å². The molecule has 0 aliphatic heterocycles. The lowest BCUT2D eigenvalue weighted by Crippen LogP contribution is -2.34. The van der Waals surface area contributed by atoms with Gasteiger partial charge in [0, 0.05) is 31.5 Å². The Morgan fingerprint density at radius 3 is 2.45 bits per heavy atom. The van der Waals surface area contributed by atoms with Crippen molar-refractivity contribution in [3.63, 3.8) is 0 Å². The number of alkyl halides is 5. The van der Waals surface area contributed by atoms with Gasteiger partial charge in [0.05, 0.1) is 4.47 Å². The van der Waals surface area contributed by atoms with E-state index in [9.17, 15) is 35.9 Å². The molecule has 168 valence electrons. The molecule has 31 heavy (non-hydrogen) atoms. The van der Waals surface area contributed by atoms with Crippen LogP contribution in [0.5, 0.6) is 0 Å². The van der Waals surface area contributed by atoms with Gasteiger partial charge in [-0.3, -0.25) is 14.3 Å². The molecule has 1 amide bonds. The van der Waals surface area contributed by atoms with E-state index >= 15 is 0 Å². The monoisotopic (exact) mass is 511 g/mol. The zero-order chi connectivity index (χ0) is 23.1. The Morgan fingerprint density at radius 1 is 1.23 bits per heavy atom. The number of Topliss-reactive ketones (excluding diaryl/α,β-unsaturated/α-hetero) is 1. The van der Waals surface area contributed by atoms with Crippen LogP contribution in [0.2, 0.25) is 0 Å². The van der Waals surface area contributed by atoms with Crippen molar-refractivity contribution in [2.24, 2.45) is 13.0 Å². The highest BCUT2D eigenvalue weighted by Gasteiger charge is 2.61. The second-order valence-corrected chi connectivity index (χ2v) is 8.02. The quantitative estimate of drug-likeness (QED) is 0.442. The van der Waals surface area contributed by atoms with Crippen LogP contribution in [0.1, 0.15) is 40.2 Å². The summed E-state index contributed by atoms with van der Waals surface area (Å²) in [4.78, 5) is 24.3.